The zero-order valence-electron chi connectivity index (χ0n) is 11.7. The van der Waals surface area contributed by atoms with Crippen LogP contribution >= 0.6 is 15.9 Å². The fourth-order valence-corrected chi connectivity index (χ4v) is 2.30. The van der Waals surface area contributed by atoms with Gasteiger partial charge in [-0.2, -0.15) is 0 Å². The van der Waals surface area contributed by atoms with E-state index >= 15 is 0 Å². The van der Waals surface area contributed by atoms with Gasteiger partial charge in [0.25, 0.3) is 0 Å². The van der Waals surface area contributed by atoms with Crippen LogP contribution in [-0.2, 0) is 6.42 Å². The van der Waals surface area contributed by atoms with Crippen LogP contribution in [0.25, 0.3) is 0 Å². The van der Waals surface area contributed by atoms with E-state index in [2.05, 4.69) is 64.9 Å². The maximum atomic E-state index is 4.41. The molecule has 0 atom stereocenters. The molecular formula is C16H19BrN2. The Morgan fingerprint density at radius 1 is 1.16 bits per heavy atom. The minimum atomic E-state index is 0.971. The van der Waals surface area contributed by atoms with Crippen LogP contribution in [0.2, 0.25) is 0 Å². The first-order valence-corrected chi connectivity index (χ1v) is 7.24. The van der Waals surface area contributed by atoms with Crippen LogP contribution in [0.15, 0.2) is 41.0 Å². The molecule has 3 heteroatoms. The molecule has 0 fully saturated rings. The smallest absolute Gasteiger partial charge is 0.128 e. The van der Waals surface area contributed by atoms with E-state index in [1.807, 2.05) is 18.3 Å². The molecule has 0 unspecified atom stereocenters. The van der Waals surface area contributed by atoms with Crippen molar-refractivity contribution < 1.29 is 0 Å². The number of rotatable bonds is 4. The van der Waals surface area contributed by atoms with Crippen molar-refractivity contribution in [1.29, 1.82) is 0 Å². The second kappa shape index (κ2) is 6.20. The van der Waals surface area contributed by atoms with Gasteiger partial charge in [0.15, 0.2) is 0 Å². The summed E-state index contributed by atoms with van der Waals surface area (Å²) in [5, 5.41) is 0. The number of aromatic nitrogens is 1. The molecule has 19 heavy (non-hydrogen) atoms. The van der Waals surface area contributed by atoms with Gasteiger partial charge in [-0.15, -0.1) is 0 Å². The third-order valence-electron chi connectivity index (χ3n) is 3.32. The molecule has 0 aliphatic rings. The summed E-state index contributed by atoms with van der Waals surface area (Å²) in [6.45, 7) is 5.29. The lowest BCUT2D eigenvalue weighted by Gasteiger charge is -2.18. The fraction of sp³-hybridized carbons (Fsp3) is 0.312. The SMILES string of the molecule is Cc1ccc(C)c(CCN(C)c2ccc(Br)cn2)c1. The summed E-state index contributed by atoms with van der Waals surface area (Å²) in [6.07, 6.45) is 2.88. The van der Waals surface area contributed by atoms with Crippen molar-refractivity contribution in [1.82, 2.24) is 4.98 Å². The largest absolute Gasteiger partial charge is 0.359 e. The standard InChI is InChI=1S/C16H19BrN2/c1-12-4-5-13(2)14(10-12)8-9-19(3)16-7-6-15(17)11-18-16/h4-7,10-11H,8-9H2,1-3H3. The van der Waals surface area contributed by atoms with Crippen molar-refractivity contribution in [2.45, 2.75) is 20.3 Å². The van der Waals surface area contributed by atoms with Gasteiger partial charge >= 0.3 is 0 Å². The van der Waals surface area contributed by atoms with E-state index in [9.17, 15) is 0 Å². The lowest BCUT2D eigenvalue weighted by Crippen LogP contribution is -2.21. The van der Waals surface area contributed by atoms with Gasteiger partial charge in [0.1, 0.15) is 5.82 Å². The zero-order valence-corrected chi connectivity index (χ0v) is 13.2. The number of anilines is 1. The molecule has 100 valence electrons. The summed E-state index contributed by atoms with van der Waals surface area (Å²) in [6, 6.07) is 10.7. The van der Waals surface area contributed by atoms with E-state index in [0.717, 1.165) is 23.3 Å². The van der Waals surface area contributed by atoms with E-state index in [-0.39, 0.29) is 0 Å². The van der Waals surface area contributed by atoms with Crippen molar-refractivity contribution in [3.05, 3.63) is 57.7 Å². The molecule has 0 aliphatic carbocycles. The second-order valence-corrected chi connectivity index (χ2v) is 5.85. The Balaban J connectivity index is 2.02. The molecule has 0 bridgehead atoms. The van der Waals surface area contributed by atoms with Crippen LogP contribution in [0, 0.1) is 13.8 Å². The molecular weight excluding hydrogens is 300 g/mol. The third kappa shape index (κ3) is 3.80. The molecule has 0 amide bonds. The summed E-state index contributed by atoms with van der Waals surface area (Å²) in [7, 11) is 2.08. The van der Waals surface area contributed by atoms with Crippen LogP contribution in [0.3, 0.4) is 0 Å². The van der Waals surface area contributed by atoms with Crippen LogP contribution < -0.4 is 4.90 Å². The molecule has 2 aromatic rings. The van der Waals surface area contributed by atoms with E-state index < -0.39 is 0 Å². The van der Waals surface area contributed by atoms with E-state index in [1.165, 1.54) is 16.7 Å². The molecule has 0 radical (unpaired) electrons. The molecule has 0 saturated carbocycles. The Labute approximate surface area is 123 Å². The summed E-state index contributed by atoms with van der Waals surface area (Å²) >= 11 is 3.41. The van der Waals surface area contributed by atoms with Gasteiger partial charge in [0.2, 0.25) is 0 Å². The Hall–Kier alpha value is -1.35. The minimum absolute atomic E-state index is 0.971. The van der Waals surface area contributed by atoms with Crippen molar-refractivity contribution in [3.8, 4) is 0 Å². The molecule has 0 N–H and O–H groups in total. The minimum Gasteiger partial charge on any atom is -0.359 e. The van der Waals surface area contributed by atoms with E-state index in [1.54, 1.807) is 0 Å². The molecule has 1 heterocycles. The number of hydrogen-bond acceptors (Lipinski definition) is 2. The van der Waals surface area contributed by atoms with Crippen molar-refractivity contribution >= 4 is 21.7 Å². The van der Waals surface area contributed by atoms with Crippen LogP contribution in [0.5, 0.6) is 0 Å². The summed E-state index contributed by atoms with van der Waals surface area (Å²) in [5.41, 5.74) is 4.11. The molecule has 0 saturated heterocycles. The molecule has 1 aromatic carbocycles. The van der Waals surface area contributed by atoms with Gasteiger partial charge in [0, 0.05) is 24.3 Å². The van der Waals surface area contributed by atoms with Gasteiger partial charge in [-0.3, -0.25) is 0 Å². The summed E-state index contributed by atoms with van der Waals surface area (Å²) in [5.74, 6) is 1.01. The highest BCUT2D eigenvalue weighted by molar-refractivity contribution is 9.10. The van der Waals surface area contributed by atoms with Crippen molar-refractivity contribution in [2.75, 3.05) is 18.5 Å². The average molecular weight is 319 g/mol. The van der Waals surface area contributed by atoms with Gasteiger partial charge in [-0.1, -0.05) is 23.8 Å². The monoisotopic (exact) mass is 318 g/mol. The summed E-state index contributed by atoms with van der Waals surface area (Å²) < 4.78 is 1.01. The number of hydrogen-bond donors (Lipinski definition) is 0. The molecule has 0 aliphatic heterocycles. The van der Waals surface area contributed by atoms with Crippen molar-refractivity contribution in [2.24, 2.45) is 0 Å². The Morgan fingerprint density at radius 3 is 2.63 bits per heavy atom. The maximum absolute atomic E-state index is 4.41. The zero-order chi connectivity index (χ0) is 13.8. The van der Waals surface area contributed by atoms with Crippen LogP contribution in [0.4, 0.5) is 5.82 Å². The topological polar surface area (TPSA) is 16.1 Å². The van der Waals surface area contributed by atoms with Gasteiger partial charge in [0.05, 0.1) is 0 Å². The maximum Gasteiger partial charge on any atom is 0.128 e. The predicted molar refractivity (Wildman–Crippen MR) is 84.8 cm³/mol. The quantitative estimate of drug-likeness (QED) is 0.842. The number of aryl methyl sites for hydroxylation is 2. The van der Waals surface area contributed by atoms with Gasteiger partial charge in [-0.25, -0.2) is 4.98 Å². The highest BCUT2D eigenvalue weighted by Gasteiger charge is 2.04. The lowest BCUT2D eigenvalue weighted by atomic mass is 10.0. The normalized spacial score (nSPS) is 10.5. The van der Waals surface area contributed by atoms with E-state index in [0.29, 0.717) is 0 Å². The molecule has 0 spiro atoms. The molecule has 1 aromatic heterocycles. The van der Waals surface area contributed by atoms with E-state index in [4.69, 9.17) is 0 Å². The number of pyridine rings is 1. The first-order valence-electron chi connectivity index (χ1n) is 6.45. The average Bonchev–Trinajstić information content (AvgIpc) is 2.40. The lowest BCUT2D eigenvalue weighted by molar-refractivity contribution is 0.854. The third-order valence-corrected chi connectivity index (χ3v) is 3.79. The first-order chi connectivity index (χ1) is 9.06. The number of likely N-dealkylation sites (N-methyl/N-ethyl adjacent to an activating group) is 1. The van der Waals surface area contributed by atoms with Gasteiger partial charge in [-0.05, 0) is 59.5 Å². The fourth-order valence-electron chi connectivity index (χ4n) is 2.07. The highest BCUT2D eigenvalue weighted by atomic mass is 79.9. The second-order valence-electron chi connectivity index (χ2n) is 4.94. The molecule has 2 nitrogen and oxygen atoms in total. The van der Waals surface area contributed by atoms with Crippen molar-refractivity contribution in [3.63, 3.8) is 0 Å². The Bertz CT molecular complexity index is 549. The highest BCUT2D eigenvalue weighted by Crippen LogP contribution is 2.15. The predicted octanol–water partition coefficient (Wildman–Crippen LogP) is 4.14. The number of halogens is 1. The summed E-state index contributed by atoms with van der Waals surface area (Å²) in [4.78, 5) is 6.60. The Kier molecular flexibility index (Phi) is 4.59. The first kappa shape index (κ1) is 14.1. The molecule has 2 rings (SSSR count). The van der Waals surface area contributed by atoms with Crippen LogP contribution in [-0.4, -0.2) is 18.6 Å². The van der Waals surface area contributed by atoms with Crippen LogP contribution in [0.1, 0.15) is 16.7 Å². The Morgan fingerprint density at radius 2 is 1.95 bits per heavy atom. The number of nitrogens with zero attached hydrogens (tertiary/aromatic N) is 2. The van der Waals surface area contributed by atoms with Gasteiger partial charge < -0.3 is 4.90 Å². The number of benzene rings is 1.